The number of aryl methyl sites for hydroxylation is 1. The molecule has 33 heavy (non-hydrogen) atoms. The summed E-state index contributed by atoms with van der Waals surface area (Å²) in [6.45, 7) is 8.95. The maximum atomic E-state index is 13.3. The number of imide groups is 1. The van der Waals surface area contributed by atoms with E-state index in [0.717, 1.165) is 29.9 Å². The van der Waals surface area contributed by atoms with Crippen molar-refractivity contribution in [2.75, 3.05) is 36.5 Å². The summed E-state index contributed by atoms with van der Waals surface area (Å²) in [7, 11) is 0. The molecule has 2 amide bonds. The second-order valence-corrected chi connectivity index (χ2v) is 9.02. The fourth-order valence-corrected chi connectivity index (χ4v) is 4.30. The van der Waals surface area contributed by atoms with Crippen molar-refractivity contribution >= 4 is 28.8 Å². The summed E-state index contributed by atoms with van der Waals surface area (Å²) in [5.74, 6) is -0.548. The Bertz CT molecular complexity index is 1020. The van der Waals surface area contributed by atoms with E-state index >= 15 is 0 Å². The van der Waals surface area contributed by atoms with Crippen LogP contribution in [0.5, 0.6) is 0 Å². The molecular formula is C27H33N3O3. The predicted octanol–water partition coefficient (Wildman–Crippen LogP) is 4.60. The first-order valence-corrected chi connectivity index (χ1v) is 11.8. The molecule has 0 radical (unpaired) electrons. The number of ether oxygens (including phenoxy) is 1. The highest BCUT2D eigenvalue weighted by molar-refractivity contribution is 6.36. The molecule has 2 aliphatic rings. The predicted molar refractivity (Wildman–Crippen MR) is 132 cm³/mol. The summed E-state index contributed by atoms with van der Waals surface area (Å²) in [6, 6.07) is 15.8. The molecule has 0 bridgehead atoms. The zero-order valence-electron chi connectivity index (χ0n) is 19.8. The number of rotatable bonds is 9. The normalized spacial score (nSPS) is 16.5. The van der Waals surface area contributed by atoms with Gasteiger partial charge in [-0.15, -0.1) is 0 Å². The molecule has 174 valence electrons. The van der Waals surface area contributed by atoms with E-state index in [0.29, 0.717) is 30.8 Å². The molecule has 2 heterocycles. The van der Waals surface area contributed by atoms with Crippen molar-refractivity contribution in [2.45, 2.75) is 46.1 Å². The molecule has 0 aromatic heterocycles. The van der Waals surface area contributed by atoms with E-state index in [4.69, 9.17) is 4.74 Å². The third-order valence-corrected chi connectivity index (χ3v) is 6.09. The van der Waals surface area contributed by atoms with Gasteiger partial charge in [0.05, 0.1) is 11.7 Å². The zero-order valence-corrected chi connectivity index (χ0v) is 19.8. The van der Waals surface area contributed by atoms with Gasteiger partial charge in [-0.3, -0.25) is 14.5 Å². The topological polar surface area (TPSA) is 61.9 Å². The molecule has 2 aliphatic heterocycles. The van der Waals surface area contributed by atoms with Gasteiger partial charge in [0.2, 0.25) is 0 Å². The van der Waals surface area contributed by atoms with Crippen LogP contribution >= 0.6 is 0 Å². The van der Waals surface area contributed by atoms with Crippen molar-refractivity contribution in [3.63, 3.8) is 0 Å². The van der Waals surface area contributed by atoms with E-state index in [1.54, 1.807) is 0 Å². The minimum Gasteiger partial charge on any atom is -0.379 e. The van der Waals surface area contributed by atoms with Crippen LogP contribution in [0.2, 0.25) is 0 Å². The van der Waals surface area contributed by atoms with Crippen LogP contribution < -0.4 is 10.2 Å². The molecule has 1 N–H and O–H groups in total. The first kappa shape index (κ1) is 23.1. The first-order valence-electron chi connectivity index (χ1n) is 11.8. The minimum atomic E-state index is -0.288. The van der Waals surface area contributed by atoms with Crippen molar-refractivity contribution in [1.29, 1.82) is 0 Å². The van der Waals surface area contributed by atoms with Crippen LogP contribution in [0.15, 0.2) is 54.2 Å². The van der Waals surface area contributed by atoms with Gasteiger partial charge in [0.1, 0.15) is 5.70 Å². The average molecular weight is 448 g/mol. The third kappa shape index (κ3) is 5.28. The van der Waals surface area contributed by atoms with Crippen molar-refractivity contribution in [3.8, 4) is 0 Å². The minimum absolute atomic E-state index is 0.122. The molecule has 0 aliphatic carbocycles. The summed E-state index contributed by atoms with van der Waals surface area (Å²) in [4.78, 5) is 30.3. The molecule has 2 aromatic rings. The number of nitrogens with zero attached hydrogens (tertiary/aromatic N) is 2. The maximum absolute atomic E-state index is 13.3. The number of anilines is 2. The van der Waals surface area contributed by atoms with Gasteiger partial charge in [-0.1, -0.05) is 29.8 Å². The van der Waals surface area contributed by atoms with E-state index in [-0.39, 0.29) is 17.9 Å². The van der Waals surface area contributed by atoms with Crippen molar-refractivity contribution in [2.24, 2.45) is 0 Å². The fraction of sp³-hybridized carbons (Fsp3) is 0.407. The van der Waals surface area contributed by atoms with Gasteiger partial charge in [-0.25, -0.2) is 0 Å². The second-order valence-electron chi connectivity index (χ2n) is 9.02. The number of hydrogen-bond donors (Lipinski definition) is 1. The highest BCUT2D eigenvalue weighted by Crippen LogP contribution is 2.31. The lowest BCUT2D eigenvalue weighted by Crippen LogP contribution is -2.34. The van der Waals surface area contributed by atoms with E-state index < -0.39 is 0 Å². The van der Waals surface area contributed by atoms with Crippen molar-refractivity contribution in [1.82, 2.24) is 4.90 Å². The number of carbonyl (C=O) groups is 2. The lowest BCUT2D eigenvalue weighted by atomic mass is 10.0. The van der Waals surface area contributed by atoms with Crippen LogP contribution in [-0.2, 0) is 14.3 Å². The molecular weight excluding hydrogens is 414 g/mol. The van der Waals surface area contributed by atoms with Gasteiger partial charge in [0, 0.05) is 37.6 Å². The highest BCUT2D eigenvalue weighted by atomic mass is 16.5. The quantitative estimate of drug-likeness (QED) is 0.450. The summed E-state index contributed by atoms with van der Waals surface area (Å²) >= 11 is 0. The molecule has 6 nitrogen and oxygen atoms in total. The standard InChI is InChI=1S/C27H33N3O3/c1-19(2)33-18-6-17-30-26(31)24(21-9-7-20(3)8-10-21)25(27(30)32)28-22-11-13-23(14-12-22)29-15-4-5-16-29/h7-14,19,28H,4-6,15-18H2,1-3H3. The molecule has 0 spiro atoms. The number of amides is 2. The van der Waals surface area contributed by atoms with E-state index in [1.807, 2.05) is 57.2 Å². The van der Waals surface area contributed by atoms with Crippen molar-refractivity contribution < 1.29 is 14.3 Å². The van der Waals surface area contributed by atoms with Gasteiger partial charge in [-0.2, -0.15) is 0 Å². The molecule has 4 rings (SSSR count). The van der Waals surface area contributed by atoms with Crippen LogP contribution in [0.1, 0.15) is 44.2 Å². The Hall–Kier alpha value is -3.12. The Labute approximate surface area is 196 Å². The number of hydrogen-bond acceptors (Lipinski definition) is 5. The maximum Gasteiger partial charge on any atom is 0.278 e. The van der Waals surface area contributed by atoms with Gasteiger partial charge in [0.15, 0.2) is 0 Å². The molecule has 0 unspecified atom stereocenters. The Balaban J connectivity index is 1.57. The summed E-state index contributed by atoms with van der Waals surface area (Å²) in [6.07, 6.45) is 3.18. The lowest BCUT2D eigenvalue weighted by Gasteiger charge is -2.18. The smallest absolute Gasteiger partial charge is 0.278 e. The van der Waals surface area contributed by atoms with Crippen molar-refractivity contribution in [3.05, 3.63) is 65.4 Å². The van der Waals surface area contributed by atoms with Gasteiger partial charge in [0.25, 0.3) is 11.8 Å². The van der Waals surface area contributed by atoms with Gasteiger partial charge in [-0.05, 0) is 69.9 Å². The molecule has 1 fully saturated rings. The van der Waals surface area contributed by atoms with E-state index in [9.17, 15) is 9.59 Å². The van der Waals surface area contributed by atoms with E-state index in [1.165, 1.54) is 23.4 Å². The molecule has 0 atom stereocenters. The molecule has 6 heteroatoms. The number of carbonyl (C=O) groups excluding carboxylic acids is 2. The zero-order chi connectivity index (χ0) is 23.4. The van der Waals surface area contributed by atoms with Gasteiger partial charge < -0.3 is 15.0 Å². The Kier molecular flexibility index (Phi) is 7.14. The number of benzene rings is 2. The summed E-state index contributed by atoms with van der Waals surface area (Å²) in [5, 5.41) is 3.26. The van der Waals surface area contributed by atoms with Crippen LogP contribution in [0.4, 0.5) is 11.4 Å². The second kappa shape index (κ2) is 10.2. The van der Waals surface area contributed by atoms with Gasteiger partial charge >= 0.3 is 0 Å². The molecule has 2 aromatic carbocycles. The van der Waals surface area contributed by atoms with E-state index in [2.05, 4.69) is 22.3 Å². The molecule has 1 saturated heterocycles. The largest absolute Gasteiger partial charge is 0.379 e. The third-order valence-electron chi connectivity index (χ3n) is 6.09. The summed E-state index contributed by atoms with van der Waals surface area (Å²) < 4.78 is 5.59. The van der Waals surface area contributed by atoms with Crippen LogP contribution in [0, 0.1) is 6.92 Å². The molecule has 0 saturated carbocycles. The highest BCUT2D eigenvalue weighted by Gasteiger charge is 2.38. The Morgan fingerprint density at radius 1 is 0.939 bits per heavy atom. The number of nitrogens with one attached hydrogen (secondary N) is 1. The fourth-order valence-electron chi connectivity index (χ4n) is 4.30. The lowest BCUT2D eigenvalue weighted by molar-refractivity contribution is -0.137. The van der Waals surface area contributed by atoms with Crippen LogP contribution in [-0.4, -0.2) is 49.1 Å². The first-order chi connectivity index (χ1) is 15.9. The van der Waals surface area contributed by atoms with Crippen LogP contribution in [0.3, 0.4) is 0 Å². The Morgan fingerprint density at radius 2 is 1.61 bits per heavy atom. The monoisotopic (exact) mass is 447 g/mol. The average Bonchev–Trinajstić information content (AvgIpc) is 3.41. The Morgan fingerprint density at radius 3 is 2.24 bits per heavy atom. The van der Waals surface area contributed by atoms with Crippen LogP contribution in [0.25, 0.3) is 5.57 Å². The summed E-state index contributed by atoms with van der Waals surface area (Å²) in [5.41, 5.74) is 4.59. The SMILES string of the molecule is Cc1ccc(C2=C(Nc3ccc(N4CCCC4)cc3)C(=O)N(CCCOC(C)C)C2=O)cc1.